The summed E-state index contributed by atoms with van der Waals surface area (Å²) in [7, 11) is -3.79. The van der Waals surface area contributed by atoms with E-state index in [0.717, 1.165) is 12.1 Å². The number of sulfonamides is 1. The number of nitro benzene ring substituents is 1. The highest BCUT2D eigenvalue weighted by Crippen LogP contribution is 2.22. The fraction of sp³-hybridized carbons (Fsp3) is 0.235. The largest absolute Gasteiger partial charge is 0.336 e. The maximum absolute atomic E-state index is 13.0. The second-order valence-electron chi connectivity index (χ2n) is 5.92. The molecule has 0 unspecified atom stereocenters. The third-order valence-corrected chi connectivity index (χ3v) is 6.22. The Bertz CT molecular complexity index is 970. The Kier molecular flexibility index (Phi) is 5.19. The molecule has 2 aromatic carbocycles. The van der Waals surface area contributed by atoms with Gasteiger partial charge in [0, 0.05) is 32.2 Å². The monoisotopic (exact) mass is 393 g/mol. The van der Waals surface area contributed by atoms with Crippen LogP contribution in [0.25, 0.3) is 0 Å². The lowest BCUT2D eigenvalue weighted by atomic mass is 10.1. The van der Waals surface area contributed by atoms with Crippen LogP contribution in [0, 0.1) is 15.9 Å². The predicted octanol–water partition coefficient (Wildman–Crippen LogP) is 1.88. The lowest BCUT2D eigenvalue weighted by molar-refractivity contribution is -0.385. The predicted molar refractivity (Wildman–Crippen MR) is 94.2 cm³/mol. The summed E-state index contributed by atoms with van der Waals surface area (Å²) in [6.45, 7) is 0.300. The number of carbonyl (C=O) groups excluding carboxylic acids is 1. The van der Waals surface area contributed by atoms with E-state index < -0.39 is 26.7 Å². The molecule has 1 amide bonds. The molecule has 2 aromatic rings. The molecule has 0 saturated carbocycles. The number of hydrogen-bond acceptors (Lipinski definition) is 5. The highest BCUT2D eigenvalue weighted by Gasteiger charge is 2.32. The van der Waals surface area contributed by atoms with E-state index in [0.29, 0.717) is 0 Å². The van der Waals surface area contributed by atoms with Gasteiger partial charge < -0.3 is 4.90 Å². The summed E-state index contributed by atoms with van der Waals surface area (Å²) in [6, 6.07) is 10.2. The summed E-state index contributed by atoms with van der Waals surface area (Å²) < 4.78 is 39.4. The van der Waals surface area contributed by atoms with E-state index in [-0.39, 0.29) is 42.3 Å². The zero-order chi connectivity index (χ0) is 19.6. The maximum atomic E-state index is 13.0. The SMILES string of the molecule is O=C(c1ccccc1[N+](=O)[O-])N1CCN(S(=O)(=O)c2ccc(F)cc2)CC1. The number of amides is 1. The lowest BCUT2D eigenvalue weighted by Crippen LogP contribution is -2.50. The summed E-state index contributed by atoms with van der Waals surface area (Å²) in [6.07, 6.45) is 0. The smallest absolute Gasteiger partial charge is 0.282 e. The fourth-order valence-corrected chi connectivity index (χ4v) is 4.29. The Balaban J connectivity index is 1.73. The number of piperazine rings is 1. The minimum absolute atomic E-state index is 0.0256. The highest BCUT2D eigenvalue weighted by atomic mass is 32.2. The lowest BCUT2D eigenvalue weighted by Gasteiger charge is -2.34. The molecule has 27 heavy (non-hydrogen) atoms. The Morgan fingerprint density at radius 2 is 1.59 bits per heavy atom. The van der Waals surface area contributed by atoms with E-state index in [9.17, 15) is 27.7 Å². The van der Waals surface area contributed by atoms with Crippen molar-refractivity contribution in [3.63, 3.8) is 0 Å². The number of benzene rings is 2. The number of halogens is 1. The van der Waals surface area contributed by atoms with E-state index in [1.165, 1.54) is 45.6 Å². The van der Waals surface area contributed by atoms with E-state index in [2.05, 4.69) is 0 Å². The first-order valence-electron chi connectivity index (χ1n) is 8.09. The molecule has 10 heteroatoms. The summed E-state index contributed by atoms with van der Waals surface area (Å²) in [5.41, 5.74) is -0.318. The molecule has 3 rings (SSSR count). The standard InChI is InChI=1S/C17H16FN3O5S/c18-13-5-7-14(8-6-13)27(25,26)20-11-9-19(10-12-20)17(22)15-3-1-2-4-16(15)21(23)24/h1-8H,9-12H2. The molecule has 0 spiro atoms. The van der Waals surface area contributed by atoms with Gasteiger partial charge in [0.2, 0.25) is 10.0 Å². The normalized spacial score (nSPS) is 15.5. The van der Waals surface area contributed by atoms with Crippen LogP contribution in [-0.4, -0.2) is 54.6 Å². The molecule has 0 aliphatic carbocycles. The molecule has 0 atom stereocenters. The van der Waals surface area contributed by atoms with Crippen molar-refractivity contribution in [1.29, 1.82) is 0 Å². The molecular weight excluding hydrogens is 377 g/mol. The molecule has 8 nitrogen and oxygen atoms in total. The third-order valence-electron chi connectivity index (χ3n) is 4.31. The average molecular weight is 393 g/mol. The summed E-state index contributed by atoms with van der Waals surface area (Å²) in [5.74, 6) is -1.05. The first kappa shape index (κ1) is 18.9. The van der Waals surface area contributed by atoms with Gasteiger partial charge in [-0.2, -0.15) is 4.31 Å². The van der Waals surface area contributed by atoms with E-state index >= 15 is 0 Å². The van der Waals surface area contributed by atoms with Gasteiger partial charge in [-0.3, -0.25) is 14.9 Å². The van der Waals surface area contributed by atoms with Crippen molar-refractivity contribution in [2.75, 3.05) is 26.2 Å². The van der Waals surface area contributed by atoms with Crippen molar-refractivity contribution in [1.82, 2.24) is 9.21 Å². The topological polar surface area (TPSA) is 101 Å². The van der Waals surface area contributed by atoms with Crippen LogP contribution in [0.4, 0.5) is 10.1 Å². The molecule has 1 aliphatic rings. The van der Waals surface area contributed by atoms with E-state index in [4.69, 9.17) is 0 Å². The quantitative estimate of drug-likeness (QED) is 0.583. The third kappa shape index (κ3) is 3.81. The Labute approximate surface area is 155 Å². The first-order chi connectivity index (χ1) is 12.8. The summed E-state index contributed by atoms with van der Waals surface area (Å²) in [5, 5.41) is 11.1. The van der Waals surface area contributed by atoms with Crippen LogP contribution in [0.1, 0.15) is 10.4 Å². The zero-order valence-corrected chi connectivity index (χ0v) is 14.9. The minimum atomic E-state index is -3.79. The zero-order valence-electron chi connectivity index (χ0n) is 14.1. The molecule has 0 bridgehead atoms. The van der Waals surface area contributed by atoms with Gasteiger partial charge in [-0.05, 0) is 30.3 Å². The van der Waals surface area contributed by atoms with Crippen LogP contribution in [0.2, 0.25) is 0 Å². The van der Waals surface area contributed by atoms with Crippen LogP contribution >= 0.6 is 0 Å². The van der Waals surface area contributed by atoms with Crippen LogP contribution in [0.5, 0.6) is 0 Å². The number of hydrogen-bond donors (Lipinski definition) is 0. The van der Waals surface area contributed by atoms with Gasteiger partial charge in [0.25, 0.3) is 11.6 Å². The van der Waals surface area contributed by atoms with Crippen molar-refractivity contribution in [3.05, 3.63) is 70.0 Å². The molecular formula is C17H16FN3O5S. The van der Waals surface area contributed by atoms with Crippen LogP contribution in [-0.2, 0) is 10.0 Å². The molecule has 1 aliphatic heterocycles. The Morgan fingerprint density at radius 1 is 1.00 bits per heavy atom. The van der Waals surface area contributed by atoms with Crippen molar-refractivity contribution < 1.29 is 22.5 Å². The molecule has 1 saturated heterocycles. The number of nitrogens with zero attached hydrogens (tertiary/aromatic N) is 3. The number of rotatable bonds is 4. The van der Waals surface area contributed by atoms with Gasteiger partial charge in [-0.1, -0.05) is 12.1 Å². The molecule has 0 N–H and O–H groups in total. The average Bonchev–Trinajstić information content (AvgIpc) is 2.68. The van der Waals surface area contributed by atoms with Crippen molar-refractivity contribution in [2.24, 2.45) is 0 Å². The van der Waals surface area contributed by atoms with Crippen molar-refractivity contribution in [2.45, 2.75) is 4.90 Å². The number of carbonyl (C=O) groups is 1. The van der Waals surface area contributed by atoms with Crippen LogP contribution in [0.3, 0.4) is 0 Å². The summed E-state index contributed by atoms with van der Waals surface area (Å²) >= 11 is 0. The minimum Gasteiger partial charge on any atom is -0.336 e. The van der Waals surface area contributed by atoms with Crippen LogP contribution in [0.15, 0.2) is 53.4 Å². The second kappa shape index (κ2) is 7.41. The molecule has 1 heterocycles. The van der Waals surface area contributed by atoms with Crippen LogP contribution < -0.4 is 0 Å². The van der Waals surface area contributed by atoms with Gasteiger partial charge in [0.05, 0.1) is 9.82 Å². The highest BCUT2D eigenvalue weighted by molar-refractivity contribution is 7.89. The van der Waals surface area contributed by atoms with Gasteiger partial charge in [0.15, 0.2) is 0 Å². The summed E-state index contributed by atoms with van der Waals surface area (Å²) in [4.78, 5) is 24.4. The van der Waals surface area contributed by atoms with E-state index in [1.54, 1.807) is 0 Å². The first-order valence-corrected chi connectivity index (χ1v) is 9.53. The van der Waals surface area contributed by atoms with Crippen molar-refractivity contribution in [3.8, 4) is 0 Å². The maximum Gasteiger partial charge on any atom is 0.282 e. The second-order valence-corrected chi connectivity index (χ2v) is 7.86. The molecule has 0 aromatic heterocycles. The van der Waals surface area contributed by atoms with E-state index in [1.807, 2.05) is 0 Å². The Morgan fingerprint density at radius 3 is 2.19 bits per heavy atom. The molecule has 0 radical (unpaired) electrons. The van der Waals surface area contributed by atoms with Gasteiger partial charge in [-0.15, -0.1) is 0 Å². The van der Waals surface area contributed by atoms with Gasteiger partial charge in [0.1, 0.15) is 11.4 Å². The van der Waals surface area contributed by atoms with Gasteiger partial charge in [-0.25, -0.2) is 12.8 Å². The number of nitro groups is 1. The van der Waals surface area contributed by atoms with Gasteiger partial charge >= 0.3 is 0 Å². The number of para-hydroxylation sites is 1. The van der Waals surface area contributed by atoms with Crippen molar-refractivity contribution >= 4 is 21.6 Å². The fourth-order valence-electron chi connectivity index (χ4n) is 2.87. The Hall–Kier alpha value is -2.85. The molecule has 142 valence electrons. The molecule has 1 fully saturated rings.